The lowest BCUT2D eigenvalue weighted by atomic mass is 9.94. The number of fused-ring (bicyclic) bond motifs is 1. The van der Waals surface area contributed by atoms with Crippen LogP contribution in [0.3, 0.4) is 0 Å². The van der Waals surface area contributed by atoms with Crippen molar-refractivity contribution in [1.29, 1.82) is 0 Å². The Morgan fingerprint density at radius 3 is 2.33 bits per heavy atom. The third-order valence-corrected chi connectivity index (χ3v) is 9.32. The van der Waals surface area contributed by atoms with Gasteiger partial charge in [0.2, 0.25) is 29.8 Å². The van der Waals surface area contributed by atoms with E-state index in [4.69, 9.17) is 32.8 Å². The quantitative estimate of drug-likeness (QED) is 0.00937. The van der Waals surface area contributed by atoms with E-state index in [1.807, 2.05) is 0 Å². The summed E-state index contributed by atoms with van der Waals surface area (Å²) in [5, 5.41) is 38.4. The van der Waals surface area contributed by atoms with Gasteiger partial charge in [-0.15, -0.1) is 11.8 Å². The van der Waals surface area contributed by atoms with Crippen LogP contribution in [0.15, 0.2) is 16.3 Å². The number of aliphatic carboxylic acids is 2. The van der Waals surface area contributed by atoms with Crippen molar-refractivity contribution >= 4 is 65.7 Å². The van der Waals surface area contributed by atoms with Crippen LogP contribution in [-0.4, -0.2) is 134 Å². The van der Waals surface area contributed by atoms with E-state index in [1.54, 1.807) is 0 Å². The van der Waals surface area contributed by atoms with Gasteiger partial charge in [0, 0.05) is 24.3 Å². The Balaban J connectivity index is 2.13. The minimum atomic E-state index is -2.01. The molecule has 1 saturated heterocycles. The number of ether oxygens (including phenoxy) is 1. The Hall–Kier alpha value is -5.00. The molecule has 0 spiro atoms. The number of nitrogens with one attached hydrogen (secondary N) is 4. The molecule has 290 valence electrons. The predicted molar refractivity (Wildman–Crippen MR) is 182 cm³/mol. The Bertz CT molecular complexity index is 1460. The van der Waals surface area contributed by atoms with E-state index in [9.17, 15) is 48.6 Å². The number of amides is 5. The summed E-state index contributed by atoms with van der Waals surface area (Å²) in [4.78, 5) is 103. The average Bonchev–Trinajstić information content (AvgIpc) is 3.06. The summed E-state index contributed by atoms with van der Waals surface area (Å²) in [6, 6.07) is -4.18. The first-order valence-corrected chi connectivity index (χ1v) is 17.1. The number of carbonyl (C=O) groups excluding carboxylic acids is 6. The summed E-state index contributed by atoms with van der Waals surface area (Å²) >= 11 is 0.962. The molecule has 5 amide bonds. The summed E-state index contributed by atoms with van der Waals surface area (Å²) in [6.07, 6.45) is -1.87. The SMILES string of the molecule is CC(N)C(=O)NC(C)C(=O)NC(CCCN=C(N)N)C(O)CC(=O)OCC1=C(C(=O)O)N2C(=O)C(NC=O)(NC(=O)CCCC(N)C(=O)O)C2SC1. The number of esters is 1. The van der Waals surface area contributed by atoms with Crippen LogP contribution >= 0.6 is 11.8 Å². The number of guanidine groups is 1. The summed E-state index contributed by atoms with van der Waals surface area (Å²) < 4.78 is 5.26. The van der Waals surface area contributed by atoms with Gasteiger partial charge < -0.3 is 64.3 Å². The molecule has 0 aromatic carbocycles. The van der Waals surface area contributed by atoms with Gasteiger partial charge in [0.1, 0.15) is 29.8 Å². The second kappa shape index (κ2) is 19.6. The van der Waals surface area contributed by atoms with Crippen LogP contribution in [0.1, 0.15) is 52.4 Å². The number of nitrogens with zero attached hydrogens (tertiary/aromatic N) is 2. The fourth-order valence-electron chi connectivity index (χ4n) is 5.13. The molecule has 2 aliphatic rings. The zero-order chi connectivity index (χ0) is 39.3. The Labute approximate surface area is 301 Å². The highest BCUT2D eigenvalue weighted by molar-refractivity contribution is 8.00. The van der Waals surface area contributed by atoms with Crippen LogP contribution in [0, 0.1) is 0 Å². The molecule has 0 saturated carbocycles. The molecule has 23 heteroatoms. The topological polar surface area (TPSA) is 374 Å². The van der Waals surface area contributed by atoms with Crippen LogP contribution < -0.4 is 44.2 Å². The molecule has 0 radical (unpaired) electrons. The predicted octanol–water partition coefficient (Wildman–Crippen LogP) is -4.93. The van der Waals surface area contributed by atoms with Crippen molar-refractivity contribution < 1.29 is 58.4 Å². The first-order valence-electron chi connectivity index (χ1n) is 16.0. The van der Waals surface area contributed by atoms with Gasteiger partial charge >= 0.3 is 17.9 Å². The largest absolute Gasteiger partial charge is 0.480 e. The second-order valence-corrected chi connectivity index (χ2v) is 13.1. The number of β-lactam (4-membered cyclic amide) rings is 1. The number of thioether (sulfide) groups is 1. The maximum atomic E-state index is 13.4. The van der Waals surface area contributed by atoms with E-state index < -0.39 is 102 Å². The minimum Gasteiger partial charge on any atom is -0.480 e. The van der Waals surface area contributed by atoms with Gasteiger partial charge in [-0.2, -0.15) is 0 Å². The number of hydrogen-bond acceptors (Lipinski definition) is 14. The van der Waals surface area contributed by atoms with Crippen molar-refractivity contribution in [3.8, 4) is 0 Å². The molecule has 15 N–H and O–H groups in total. The average molecular weight is 759 g/mol. The number of nitrogens with two attached hydrogens (primary N) is 4. The monoisotopic (exact) mass is 758 g/mol. The number of carbonyl (C=O) groups is 8. The van der Waals surface area contributed by atoms with Gasteiger partial charge in [-0.05, 0) is 39.5 Å². The molecule has 0 aromatic rings. The molecule has 0 aliphatic carbocycles. The standard InChI is InChI=1S/C29H46N10O12S/c1-13(30)22(44)36-14(2)23(45)37-17(6-4-8-34-28(32)33)18(41)9-20(43)51-10-15-11-52-27-29(35-12-40,26(50)39(27)21(15)25(48)49)38-19(42)7-3-5-16(31)24(46)47/h12-14,16-18,27,41H,3-11,30-31H2,1-2H3,(H,35,40)(H,36,44)(H,37,45)(H,38,42)(H,46,47)(H,48,49)(H4,32,33,34). The second-order valence-electron chi connectivity index (χ2n) is 12.1. The van der Waals surface area contributed by atoms with Crippen molar-refractivity contribution in [2.24, 2.45) is 27.9 Å². The van der Waals surface area contributed by atoms with Gasteiger partial charge in [0.15, 0.2) is 5.96 Å². The summed E-state index contributed by atoms with van der Waals surface area (Å²) in [7, 11) is 0. The molecule has 0 aromatic heterocycles. The highest BCUT2D eigenvalue weighted by Crippen LogP contribution is 2.45. The maximum Gasteiger partial charge on any atom is 0.352 e. The number of carboxylic acid groups (broad SMARTS) is 2. The van der Waals surface area contributed by atoms with Gasteiger partial charge in [-0.1, -0.05) is 0 Å². The number of aliphatic imine (C=N–C) groups is 1. The van der Waals surface area contributed by atoms with Gasteiger partial charge in [-0.25, -0.2) is 4.79 Å². The lowest BCUT2D eigenvalue weighted by Gasteiger charge is -2.56. The minimum absolute atomic E-state index is 0.000543. The van der Waals surface area contributed by atoms with E-state index in [2.05, 4.69) is 26.3 Å². The lowest BCUT2D eigenvalue weighted by Crippen LogP contribution is -2.85. The molecule has 52 heavy (non-hydrogen) atoms. The molecule has 2 rings (SSSR count). The van der Waals surface area contributed by atoms with Crippen LogP contribution in [0.4, 0.5) is 0 Å². The molecule has 2 heterocycles. The van der Waals surface area contributed by atoms with Gasteiger partial charge in [0.25, 0.3) is 5.91 Å². The zero-order valence-electron chi connectivity index (χ0n) is 28.5. The molecule has 1 fully saturated rings. The summed E-state index contributed by atoms with van der Waals surface area (Å²) in [6.45, 7) is 2.35. The fraction of sp³-hybridized carbons (Fsp3) is 0.621. The number of carboxylic acids is 2. The van der Waals surface area contributed by atoms with E-state index in [0.29, 0.717) is 0 Å². The maximum absolute atomic E-state index is 13.4. The number of aliphatic hydroxyl groups excluding tert-OH is 1. The van der Waals surface area contributed by atoms with Gasteiger partial charge in [-0.3, -0.25) is 43.5 Å². The molecule has 7 atom stereocenters. The Kier molecular flexibility index (Phi) is 16.2. The third kappa shape index (κ3) is 11.5. The van der Waals surface area contributed by atoms with Crippen molar-refractivity contribution in [1.82, 2.24) is 26.2 Å². The third-order valence-electron chi connectivity index (χ3n) is 7.92. The first kappa shape index (κ1) is 43.2. The van der Waals surface area contributed by atoms with Crippen molar-refractivity contribution in [2.45, 2.75) is 93.7 Å². The van der Waals surface area contributed by atoms with Crippen LogP contribution in [-0.2, 0) is 43.1 Å². The normalized spacial score (nSPS) is 20.8. The highest BCUT2D eigenvalue weighted by Gasteiger charge is 2.66. The van der Waals surface area contributed by atoms with Crippen molar-refractivity contribution in [3.05, 3.63) is 11.3 Å². The first-order chi connectivity index (χ1) is 24.4. The Morgan fingerprint density at radius 2 is 1.75 bits per heavy atom. The molecule has 2 aliphatic heterocycles. The zero-order valence-corrected chi connectivity index (χ0v) is 29.3. The molecule has 0 bridgehead atoms. The van der Waals surface area contributed by atoms with Crippen LogP contribution in [0.5, 0.6) is 0 Å². The lowest BCUT2D eigenvalue weighted by molar-refractivity contribution is -0.162. The van der Waals surface area contributed by atoms with Crippen molar-refractivity contribution in [2.75, 3.05) is 18.9 Å². The summed E-state index contributed by atoms with van der Waals surface area (Å²) in [5.74, 6) is -7.09. The highest BCUT2D eigenvalue weighted by atomic mass is 32.2. The molecule has 22 nitrogen and oxygen atoms in total. The molecular weight excluding hydrogens is 712 g/mol. The van der Waals surface area contributed by atoms with Crippen LogP contribution in [0.25, 0.3) is 0 Å². The number of hydrogen-bond donors (Lipinski definition) is 11. The molecule has 7 unspecified atom stereocenters. The smallest absolute Gasteiger partial charge is 0.352 e. The molecular formula is C29H46N10O12S. The number of aliphatic hydroxyl groups is 1. The van der Waals surface area contributed by atoms with E-state index >= 15 is 0 Å². The van der Waals surface area contributed by atoms with Gasteiger partial charge in [0.05, 0.1) is 24.6 Å². The Morgan fingerprint density at radius 1 is 1.08 bits per heavy atom. The van der Waals surface area contributed by atoms with Crippen molar-refractivity contribution in [3.63, 3.8) is 0 Å². The summed E-state index contributed by atoms with van der Waals surface area (Å²) in [5.41, 5.74) is 19.1. The number of rotatable bonds is 22. The van der Waals surface area contributed by atoms with Crippen LogP contribution in [0.2, 0.25) is 0 Å². The van der Waals surface area contributed by atoms with E-state index in [1.165, 1.54) is 13.8 Å². The van der Waals surface area contributed by atoms with E-state index in [0.717, 1.165) is 16.7 Å². The van der Waals surface area contributed by atoms with E-state index in [-0.39, 0.29) is 62.3 Å². The fourth-order valence-corrected chi connectivity index (χ4v) is 6.54.